The molecule has 2 heterocycles. The minimum Gasteiger partial charge on any atom is -0.369 e. The molecule has 1 fully saturated rings. The molecule has 1 aliphatic rings. The van der Waals surface area contributed by atoms with Gasteiger partial charge in [-0.25, -0.2) is 0 Å². The van der Waals surface area contributed by atoms with Crippen LogP contribution in [0.2, 0.25) is 0 Å². The van der Waals surface area contributed by atoms with E-state index in [0.717, 1.165) is 0 Å². The molecule has 1 saturated heterocycles. The monoisotopic (exact) mass is 337 g/mol. The molecule has 0 radical (unpaired) electrons. The molecular formula is C11H11BrF3N3O. The molecule has 1 aromatic rings. The van der Waals surface area contributed by atoms with E-state index in [-0.39, 0.29) is 13.1 Å². The van der Waals surface area contributed by atoms with Gasteiger partial charge in [-0.05, 0) is 22.0 Å². The van der Waals surface area contributed by atoms with E-state index in [1.807, 2.05) is 0 Å². The summed E-state index contributed by atoms with van der Waals surface area (Å²) in [5.74, 6) is -3.87. The van der Waals surface area contributed by atoms with E-state index in [1.165, 1.54) is 17.3 Å². The van der Waals surface area contributed by atoms with Gasteiger partial charge < -0.3 is 10.6 Å². The van der Waals surface area contributed by atoms with Gasteiger partial charge in [-0.1, -0.05) is 0 Å². The quantitative estimate of drug-likeness (QED) is 0.897. The van der Waals surface area contributed by atoms with Crippen LogP contribution in [0.25, 0.3) is 0 Å². The average molecular weight is 338 g/mol. The maximum absolute atomic E-state index is 12.9. The van der Waals surface area contributed by atoms with E-state index in [4.69, 9.17) is 5.73 Å². The van der Waals surface area contributed by atoms with Crippen molar-refractivity contribution in [3.63, 3.8) is 0 Å². The fourth-order valence-electron chi connectivity index (χ4n) is 2.24. The lowest BCUT2D eigenvalue weighted by Gasteiger charge is -2.20. The topological polar surface area (TPSA) is 59.2 Å². The highest BCUT2D eigenvalue weighted by Gasteiger charge is 2.52. The fraction of sp³-hybridized carbons (Fsp3) is 0.455. The summed E-state index contributed by atoms with van der Waals surface area (Å²) in [6.07, 6.45) is -1.45. The largest absolute Gasteiger partial charge is 0.394 e. The number of halogens is 4. The molecule has 0 saturated carbocycles. The van der Waals surface area contributed by atoms with Crippen molar-refractivity contribution in [1.29, 1.82) is 0 Å². The van der Waals surface area contributed by atoms with Gasteiger partial charge in [-0.3, -0.25) is 9.78 Å². The van der Waals surface area contributed by atoms with E-state index in [9.17, 15) is 18.0 Å². The molecule has 0 aliphatic carbocycles. The average Bonchev–Trinajstić information content (AvgIpc) is 2.74. The van der Waals surface area contributed by atoms with Gasteiger partial charge in [-0.15, -0.1) is 0 Å². The van der Waals surface area contributed by atoms with Crippen molar-refractivity contribution in [2.45, 2.75) is 6.18 Å². The van der Waals surface area contributed by atoms with Crippen LogP contribution in [0.15, 0.2) is 22.9 Å². The first-order valence-electron chi connectivity index (χ1n) is 5.51. The molecule has 1 aliphatic heterocycles. The minimum atomic E-state index is -4.44. The second-order valence-corrected chi connectivity index (χ2v) is 5.24. The molecule has 0 aromatic carbocycles. The van der Waals surface area contributed by atoms with Gasteiger partial charge in [0.15, 0.2) is 0 Å². The maximum Gasteiger partial charge on any atom is 0.394 e. The normalized spacial score (nSPS) is 23.7. The SMILES string of the molecule is NC(=O)[C@@H]1CN(c2ccncc2Br)C[C@H]1C(F)(F)F. The third-order valence-electron chi connectivity index (χ3n) is 3.20. The highest BCUT2D eigenvalue weighted by atomic mass is 79.9. The molecule has 2 N–H and O–H groups in total. The smallest absolute Gasteiger partial charge is 0.369 e. The van der Waals surface area contributed by atoms with Crippen molar-refractivity contribution < 1.29 is 18.0 Å². The molecule has 1 aromatic heterocycles. The standard InChI is InChI=1S/C11H11BrF3N3O/c12-8-3-17-2-1-9(8)18-4-6(10(16)19)7(5-18)11(13,14)15/h1-3,6-7H,4-5H2,(H2,16,19)/t6-,7-/m1/s1. The zero-order valence-corrected chi connectivity index (χ0v) is 11.3. The Kier molecular flexibility index (Phi) is 3.71. The summed E-state index contributed by atoms with van der Waals surface area (Å²) in [6, 6.07) is 1.60. The maximum atomic E-state index is 12.9. The number of rotatable bonds is 2. The molecule has 1 amide bonds. The minimum absolute atomic E-state index is 0.0396. The van der Waals surface area contributed by atoms with Crippen LogP contribution in [0, 0.1) is 11.8 Å². The van der Waals surface area contributed by atoms with E-state index in [1.54, 1.807) is 6.07 Å². The van der Waals surface area contributed by atoms with Crippen LogP contribution in [0.4, 0.5) is 18.9 Å². The molecule has 19 heavy (non-hydrogen) atoms. The van der Waals surface area contributed by atoms with Gasteiger partial charge in [0.1, 0.15) is 0 Å². The van der Waals surface area contributed by atoms with E-state index in [2.05, 4.69) is 20.9 Å². The molecular weight excluding hydrogens is 327 g/mol. The summed E-state index contributed by atoms with van der Waals surface area (Å²) in [6.45, 7) is -0.318. The lowest BCUT2D eigenvalue weighted by molar-refractivity contribution is -0.181. The van der Waals surface area contributed by atoms with Gasteiger partial charge >= 0.3 is 6.18 Å². The van der Waals surface area contributed by atoms with Crippen LogP contribution in [0.5, 0.6) is 0 Å². The zero-order chi connectivity index (χ0) is 14.2. The summed E-state index contributed by atoms with van der Waals surface area (Å²) in [5, 5.41) is 0. The number of aromatic nitrogens is 1. The second-order valence-electron chi connectivity index (χ2n) is 4.39. The Bertz CT molecular complexity index is 494. The number of nitrogens with zero attached hydrogens (tertiary/aromatic N) is 2. The number of pyridine rings is 1. The van der Waals surface area contributed by atoms with Crippen molar-refractivity contribution >= 4 is 27.5 Å². The fourth-order valence-corrected chi connectivity index (χ4v) is 2.75. The van der Waals surface area contributed by atoms with Gasteiger partial charge in [0.05, 0.1) is 22.0 Å². The number of nitrogens with two attached hydrogens (primary N) is 1. The predicted molar refractivity (Wildman–Crippen MR) is 66.4 cm³/mol. The second kappa shape index (κ2) is 4.99. The Morgan fingerprint density at radius 3 is 2.63 bits per heavy atom. The van der Waals surface area contributed by atoms with Crippen molar-refractivity contribution in [2.75, 3.05) is 18.0 Å². The van der Waals surface area contributed by atoms with Gasteiger partial charge in [0.2, 0.25) is 5.91 Å². The Balaban J connectivity index is 2.28. The van der Waals surface area contributed by atoms with Crippen LogP contribution in [-0.4, -0.2) is 30.2 Å². The van der Waals surface area contributed by atoms with Crippen molar-refractivity contribution in [2.24, 2.45) is 17.6 Å². The van der Waals surface area contributed by atoms with Gasteiger partial charge in [0.25, 0.3) is 0 Å². The number of alkyl halides is 3. The van der Waals surface area contributed by atoms with Crippen LogP contribution in [0.3, 0.4) is 0 Å². The molecule has 0 bridgehead atoms. The highest BCUT2D eigenvalue weighted by molar-refractivity contribution is 9.10. The van der Waals surface area contributed by atoms with Crippen LogP contribution < -0.4 is 10.6 Å². The zero-order valence-electron chi connectivity index (χ0n) is 9.69. The van der Waals surface area contributed by atoms with Crippen LogP contribution in [-0.2, 0) is 4.79 Å². The number of carbonyl (C=O) groups excluding carboxylic acids is 1. The van der Waals surface area contributed by atoms with Crippen LogP contribution in [0.1, 0.15) is 0 Å². The molecule has 8 heteroatoms. The number of carbonyl (C=O) groups is 1. The van der Waals surface area contributed by atoms with E-state index >= 15 is 0 Å². The molecule has 0 spiro atoms. The number of hydrogen-bond acceptors (Lipinski definition) is 3. The lowest BCUT2D eigenvalue weighted by atomic mass is 9.95. The molecule has 2 rings (SSSR count). The van der Waals surface area contributed by atoms with E-state index in [0.29, 0.717) is 10.2 Å². The number of hydrogen-bond donors (Lipinski definition) is 1. The van der Waals surface area contributed by atoms with Crippen molar-refractivity contribution in [1.82, 2.24) is 4.98 Å². The first kappa shape index (κ1) is 14.1. The predicted octanol–water partition coefficient (Wildman–Crippen LogP) is 1.94. The van der Waals surface area contributed by atoms with Gasteiger partial charge in [-0.2, -0.15) is 13.2 Å². The summed E-state index contributed by atoms with van der Waals surface area (Å²) >= 11 is 3.23. The van der Waals surface area contributed by atoms with Crippen molar-refractivity contribution in [3.05, 3.63) is 22.9 Å². The number of primary amides is 1. The summed E-state index contributed by atoms with van der Waals surface area (Å²) in [5.41, 5.74) is 5.65. The first-order valence-corrected chi connectivity index (χ1v) is 6.30. The number of anilines is 1. The highest BCUT2D eigenvalue weighted by Crippen LogP contribution is 2.40. The summed E-state index contributed by atoms with van der Waals surface area (Å²) < 4.78 is 39.3. The molecule has 4 nitrogen and oxygen atoms in total. The lowest BCUT2D eigenvalue weighted by Crippen LogP contribution is -2.37. The van der Waals surface area contributed by atoms with Crippen molar-refractivity contribution in [3.8, 4) is 0 Å². The molecule has 104 valence electrons. The Hall–Kier alpha value is -1.31. The Morgan fingerprint density at radius 2 is 2.16 bits per heavy atom. The van der Waals surface area contributed by atoms with Gasteiger partial charge in [0, 0.05) is 25.5 Å². The first-order chi connectivity index (χ1) is 8.80. The van der Waals surface area contributed by atoms with Crippen LogP contribution >= 0.6 is 15.9 Å². The third kappa shape index (κ3) is 2.83. The Labute approximate surface area is 115 Å². The Morgan fingerprint density at radius 1 is 1.47 bits per heavy atom. The number of amides is 1. The summed E-state index contributed by atoms with van der Waals surface area (Å²) in [7, 11) is 0. The third-order valence-corrected chi connectivity index (χ3v) is 3.81. The van der Waals surface area contributed by atoms with E-state index < -0.39 is 23.9 Å². The summed E-state index contributed by atoms with van der Waals surface area (Å²) in [4.78, 5) is 16.5. The molecule has 0 unspecified atom stereocenters. The molecule has 2 atom stereocenters.